The fourth-order valence-corrected chi connectivity index (χ4v) is 2.18. The molecule has 3 heteroatoms. The van der Waals surface area contributed by atoms with Crippen LogP contribution >= 0.6 is 0 Å². The van der Waals surface area contributed by atoms with Crippen LogP contribution in [-0.2, 0) is 4.79 Å². The van der Waals surface area contributed by atoms with Crippen LogP contribution in [0.15, 0.2) is 66.7 Å². The number of rotatable bonds is 3. The van der Waals surface area contributed by atoms with Gasteiger partial charge < -0.3 is 9.47 Å². The number of carbonyl (C=O) groups excluding carboxylic acids is 1. The SMILES string of the molecule is CC(=O)Oc1ccccc1Oc1cccc2ccccc12. The van der Waals surface area contributed by atoms with E-state index in [2.05, 4.69) is 0 Å². The summed E-state index contributed by atoms with van der Waals surface area (Å²) in [6.07, 6.45) is 0. The third-order valence-corrected chi connectivity index (χ3v) is 3.07. The van der Waals surface area contributed by atoms with Gasteiger partial charge in [-0.15, -0.1) is 0 Å². The lowest BCUT2D eigenvalue weighted by atomic mass is 10.1. The van der Waals surface area contributed by atoms with Crippen molar-refractivity contribution in [2.45, 2.75) is 6.92 Å². The summed E-state index contributed by atoms with van der Waals surface area (Å²) < 4.78 is 11.1. The molecular weight excluding hydrogens is 264 g/mol. The van der Waals surface area contributed by atoms with Gasteiger partial charge in [0.25, 0.3) is 0 Å². The molecule has 3 rings (SSSR count). The molecule has 0 amide bonds. The second-order valence-corrected chi connectivity index (χ2v) is 4.62. The highest BCUT2D eigenvalue weighted by atomic mass is 16.6. The van der Waals surface area contributed by atoms with Gasteiger partial charge in [-0.3, -0.25) is 4.79 Å². The Balaban J connectivity index is 2.01. The molecule has 0 saturated heterocycles. The van der Waals surface area contributed by atoms with Crippen LogP contribution in [0.2, 0.25) is 0 Å². The molecular formula is C18H14O3. The van der Waals surface area contributed by atoms with E-state index in [-0.39, 0.29) is 5.97 Å². The Hall–Kier alpha value is -2.81. The Morgan fingerprint density at radius 2 is 1.38 bits per heavy atom. The molecule has 0 aliphatic rings. The Bertz CT molecular complexity index is 788. The fourth-order valence-electron chi connectivity index (χ4n) is 2.18. The molecule has 3 aromatic rings. The highest BCUT2D eigenvalue weighted by Gasteiger charge is 2.09. The first-order valence-corrected chi connectivity index (χ1v) is 6.67. The Labute approximate surface area is 122 Å². The third-order valence-electron chi connectivity index (χ3n) is 3.07. The molecule has 0 radical (unpaired) electrons. The number of para-hydroxylation sites is 2. The maximum atomic E-state index is 11.2. The standard InChI is InChI=1S/C18H14O3/c1-13(19)20-17-10-4-5-11-18(17)21-16-12-6-8-14-7-2-3-9-15(14)16/h2-12H,1H3. The van der Waals surface area contributed by atoms with Gasteiger partial charge in [0.05, 0.1) is 0 Å². The van der Waals surface area contributed by atoms with Crippen LogP contribution in [0, 0.1) is 0 Å². The van der Waals surface area contributed by atoms with Crippen molar-refractivity contribution >= 4 is 16.7 Å². The van der Waals surface area contributed by atoms with Crippen LogP contribution in [0.1, 0.15) is 6.92 Å². The summed E-state index contributed by atoms with van der Waals surface area (Å²) in [6.45, 7) is 1.37. The summed E-state index contributed by atoms with van der Waals surface area (Å²) in [4.78, 5) is 11.2. The van der Waals surface area contributed by atoms with E-state index in [1.54, 1.807) is 18.2 Å². The predicted molar refractivity (Wildman–Crippen MR) is 81.8 cm³/mol. The van der Waals surface area contributed by atoms with E-state index in [1.165, 1.54) is 6.92 Å². The number of benzene rings is 3. The van der Waals surface area contributed by atoms with Crippen LogP contribution in [0.5, 0.6) is 17.2 Å². The number of fused-ring (bicyclic) bond motifs is 1. The summed E-state index contributed by atoms with van der Waals surface area (Å²) in [6, 6.07) is 21.0. The topological polar surface area (TPSA) is 35.5 Å². The van der Waals surface area contributed by atoms with Gasteiger partial charge in [0.2, 0.25) is 0 Å². The molecule has 3 nitrogen and oxygen atoms in total. The van der Waals surface area contributed by atoms with Crippen LogP contribution in [0.3, 0.4) is 0 Å². The highest BCUT2D eigenvalue weighted by molar-refractivity contribution is 5.88. The zero-order chi connectivity index (χ0) is 14.7. The van der Waals surface area contributed by atoms with Crippen molar-refractivity contribution in [1.29, 1.82) is 0 Å². The van der Waals surface area contributed by atoms with Crippen LogP contribution in [0.4, 0.5) is 0 Å². The zero-order valence-electron chi connectivity index (χ0n) is 11.6. The molecule has 104 valence electrons. The zero-order valence-corrected chi connectivity index (χ0v) is 11.6. The molecule has 0 N–H and O–H groups in total. The summed E-state index contributed by atoms with van der Waals surface area (Å²) in [7, 11) is 0. The highest BCUT2D eigenvalue weighted by Crippen LogP contribution is 2.34. The van der Waals surface area contributed by atoms with Crippen molar-refractivity contribution in [3.05, 3.63) is 66.7 Å². The number of esters is 1. The molecule has 0 fully saturated rings. The lowest BCUT2D eigenvalue weighted by Gasteiger charge is -2.12. The van der Waals surface area contributed by atoms with E-state index in [9.17, 15) is 4.79 Å². The molecule has 0 bridgehead atoms. The number of hydrogen-bond acceptors (Lipinski definition) is 3. The van der Waals surface area contributed by atoms with Crippen molar-refractivity contribution in [2.75, 3.05) is 0 Å². The second kappa shape index (κ2) is 5.67. The summed E-state index contributed by atoms with van der Waals surface area (Å²) in [5.74, 6) is 1.29. The van der Waals surface area contributed by atoms with Gasteiger partial charge in [0, 0.05) is 12.3 Å². The van der Waals surface area contributed by atoms with Gasteiger partial charge in [-0.2, -0.15) is 0 Å². The first-order valence-electron chi connectivity index (χ1n) is 6.67. The van der Waals surface area contributed by atoms with Crippen molar-refractivity contribution in [2.24, 2.45) is 0 Å². The minimum atomic E-state index is -0.371. The van der Waals surface area contributed by atoms with E-state index in [0.717, 1.165) is 16.5 Å². The van der Waals surface area contributed by atoms with Gasteiger partial charge in [-0.1, -0.05) is 48.5 Å². The summed E-state index contributed by atoms with van der Waals surface area (Å²) in [5, 5.41) is 2.11. The van der Waals surface area contributed by atoms with Crippen LogP contribution < -0.4 is 9.47 Å². The van der Waals surface area contributed by atoms with E-state index in [0.29, 0.717) is 11.5 Å². The van der Waals surface area contributed by atoms with E-state index in [4.69, 9.17) is 9.47 Å². The largest absolute Gasteiger partial charge is 0.453 e. The first kappa shape index (κ1) is 13.2. The van der Waals surface area contributed by atoms with Gasteiger partial charge in [0.1, 0.15) is 5.75 Å². The Morgan fingerprint density at radius 3 is 2.19 bits per heavy atom. The molecule has 0 aliphatic carbocycles. The van der Waals surface area contributed by atoms with E-state index >= 15 is 0 Å². The molecule has 0 spiro atoms. The van der Waals surface area contributed by atoms with Crippen molar-refractivity contribution in [1.82, 2.24) is 0 Å². The third kappa shape index (κ3) is 2.87. The lowest BCUT2D eigenvalue weighted by Crippen LogP contribution is -2.02. The molecule has 21 heavy (non-hydrogen) atoms. The van der Waals surface area contributed by atoms with Crippen LogP contribution in [-0.4, -0.2) is 5.97 Å². The van der Waals surface area contributed by atoms with Crippen molar-refractivity contribution in [3.63, 3.8) is 0 Å². The molecule has 0 atom stereocenters. The van der Waals surface area contributed by atoms with Gasteiger partial charge >= 0.3 is 5.97 Å². The van der Waals surface area contributed by atoms with Gasteiger partial charge in [-0.05, 0) is 23.6 Å². The molecule has 0 aliphatic heterocycles. The molecule has 0 heterocycles. The van der Waals surface area contributed by atoms with Gasteiger partial charge in [0.15, 0.2) is 11.5 Å². The van der Waals surface area contributed by atoms with Crippen molar-refractivity contribution < 1.29 is 14.3 Å². The smallest absolute Gasteiger partial charge is 0.308 e. The van der Waals surface area contributed by atoms with Gasteiger partial charge in [-0.25, -0.2) is 0 Å². The quantitative estimate of drug-likeness (QED) is 0.520. The number of hydrogen-bond donors (Lipinski definition) is 0. The maximum Gasteiger partial charge on any atom is 0.308 e. The van der Waals surface area contributed by atoms with Crippen LogP contribution in [0.25, 0.3) is 10.8 Å². The average molecular weight is 278 g/mol. The van der Waals surface area contributed by atoms with Crippen molar-refractivity contribution in [3.8, 4) is 17.2 Å². The first-order chi connectivity index (χ1) is 10.2. The Morgan fingerprint density at radius 1 is 0.762 bits per heavy atom. The number of ether oxygens (including phenoxy) is 2. The van der Waals surface area contributed by atoms with E-state index < -0.39 is 0 Å². The predicted octanol–water partition coefficient (Wildman–Crippen LogP) is 4.56. The molecule has 0 unspecified atom stereocenters. The fraction of sp³-hybridized carbons (Fsp3) is 0.0556. The minimum Gasteiger partial charge on any atom is -0.453 e. The monoisotopic (exact) mass is 278 g/mol. The number of carbonyl (C=O) groups is 1. The van der Waals surface area contributed by atoms with E-state index in [1.807, 2.05) is 48.5 Å². The second-order valence-electron chi connectivity index (χ2n) is 4.62. The normalized spacial score (nSPS) is 10.3. The molecule has 0 saturated carbocycles. The summed E-state index contributed by atoms with van der Waals surface area (Å²) in [5.41, 5.74) is 0. The maximum absolute atomic E-state index is 11.2. The lowest BCUT2D eigenvalue weighted by molar-refractivity contribution is -0.131. The molecule has 0 aromatic heterocycles. The molecule has 3 aromatic carbocycles. The minimum absolute atomic E-state index is 0.371. The summed E-state index contributed by atoms with van der Waals surface area (Å²) >= 11 is 0. The average Bonchev–Trinajstić information content (AvgIpc) is 2.49. The Kier molecular flexibility index (Phi) is 3.56.